The van der Waals surface area contributed by atoms with Crippen LogP contribution in [0.5, 0.6) is 0 Å². The fourth-order valence-electron chi connectivity index (χ4n) is 2.32. The van der Waals surface area contributed by atoms with E-state index in [1.54, 1.807) is 13.4 Å². The normalized spacial score (nSPS) is 16.8. The lowest BCUT2D eigenvalue weighted by atomic mass is 9.95. The number of aromatic nitrogens is 4. The second-order valence-electron chi connectivity index (χ2n) is 5.47. The van der Waals surface area contributed by atoms with Gasteiger partial charge >= 0.3 is 7.82 Å². The van der Waals surface area contributed by atoms with E-state index in [-0.39, 0.29) is 18.4 Å². The Balaban J connectivity index is 2.20. The molecule has 24 heavy (non-hydrogen) atoms. The molecule has 0 aliphatic carbocycles. The third kappa shape index (κ3) is 4.49. The molecular weight excluding hydrogens is 337 g/mol. The van der Waals surface area contributed by atoms with Crippen molar-refractivity contribution in [2.75, 3.05) is 33.2 Å². The van der Waals surface area contributed by atoms with Crippen LogP contribution in [0.2, 0.25) is 0 Å². The minimum atomic E-state index is -4.04. The van der Waals surface area contributed by atoms with Gasteiger partial charge in [-0.25, -0.2) is 19.5 Å². The fourth-order valence-corrected chi connectivity index (χ4v) is 2.81. The summed E-state index contributed by atoms with van der Waals surface area (Å²) in [6.45, 7) is 2.92. The van der Waals surface area contributed by atoms with Crippen molar-refractivity contribution in [2.24, 2.45) is 11.8 Å². The molecule has 134 valence electrons. The first-order chi connectivity index (χ1) is 11.4. The van der Waals surface area contributed by atoms with Gasteiger partial charge in [-0.3, -0.25) is 9.05 Å². The fraction of sp³-hybridized carbons (Fsp3) is 0.615. The molecule has 3 N–H and O–H groups in total. The Bertz CT molecular complexity index is 724. The third-order valence-corrected chi connectivity index (χ3v) is 4.71. The van der Waals surface area contributed by atoms with Gasteiger partial charge in [-0.15, -0.1) is 0 Å². The standard InChI is InChI=1S/C13H22N5O5P/c1-9(5-21-2)10(6-23-24(19,20)22-3)4-18-8-17-11-12(14)15-7-16-13(11)18/h7-10H,4-6H2,1-3H3,(H,19,20)(H2,14,15,16)/t9?,10-/m0/s1. The number of methoxy groups -OCH3 is 1. The van der Waals surface area contributed by atoms with Crippen molar-refractivity contribution in [3.63, 3.8) is 0 Å². The Morgan fingerprint density at radius 2 is 2.08 bits per heavy atom. The molecule has 0 bridgehead atoms. The molecule has 11 heteroatoms. The average molecular weight is 359 g/mol. The Kier molecular flexibility index (Phi) is 6.25. The highest BCUT2D eigenvalue weighted by molar-refractivity contribution is 7.47. The van der Waals surface area contributed by atoms with E-state index in [1.807, 2.05) is 11.5 Å². The number of phosphoric ester groups is 1. The number of nitrogens with two attached hydrogens (primary N) is 1. The lowest BCUT2D eigenvalue weighted by Gasteiger charge is -2.24. The Morgan fingerprint density at radius 1 is 1.33 bits per heavy atom. The number of fused-ring (bicyclic) bond motifs is 1. The zero-order chi connectivity index (χ0) is 17.7. The van der Waals surface area contributed by atoms with Crippen LogP contribution in [0, 0.1) is 11.8 Å². The summed E-state index contributed by atoms with van der Waals surface area (Å²) in [5, 5.41) is 0. The van der Waals surface area contributed by atoms with Gasteiger partial charge in [0.1, 0.15) is 11.8 Å². The van der Waals surface area contributed by atoms with Crippen molar-refractivity contribution in [1.82, 2.24) is 19.5 Å². The monoisotopic (exact) mass is 359 g/mol. The van der Waals surface area contributed by atoms with Crippen molar-refractivity contribution in [1.29, 1.82) is 0 Å². The number of nitrogen functional groups attached to an aromatic ring is 1. The highest BCUT2D eigenvalue weighted by Gasteiger charge is 2.26. The number of hydrogen-bond acceptors (Lipinski definition) is 8. The quantitative estimate of drug-likeness (QED) is 0.630. The van der Waals surface area contributed by atoms with Crippen molar-refractivity contribution >= 4 is 24.8 Å². The largest absolute Gasteiger partial charge is 0.471 e. The molecule has 0 amide bonds. The molecule has 0 aromatic carbocycles. The Hall–Kier alpha value is -1.58. The molecule has 10 nitrogen and oxygen atoms in total. The summed E-state index contributed by atoms with van der Waals surface area (Å²) in [4.78, 5) is 21.8. The summed E-state index contributed by atoms with van der Waals surface area (Å²) in [6, 6.07) is 0. The maximum Gasteiger partial charge on any atom is 0.471 e. The van der Waals surface area contributed by atoms with Gasteiger partial charge < -0.3 is 19.9 Å². The van der Waals surface area contributed by atoms with Crippen LogP contribution in [0.25, 0.3) is 11.2 Å². The Morgan fingerprint density at radius 3 is 2.75 bits per heavy atom. The van der Waals surface area contributed by atoms with Crippen LogP contribution < -0.4 is 5.73 Å². The predicted octanol–water partition coefficient (Wildman–Crippen LogP) is 1.07. The van der Waals surface area contributed by atoms with Gasteiger partial charge in [-0.1, -0.05) is 6.92 Å². The number of hydrogen-bond donors (Lipinski definition) is 2. The smallest absolute Gasteiger partial charge is 0.384 e. The molecule has 3 atom stereocenters. The van der Waals surface area contributed by atoms with Crippen LogP contribution in [-0.2, 0) is 24.9 Å². The van der Waals surface area contributed by atoms with E-state index in [0.29, 0.717) is 30.1 Å². The van der Waals surface area contributed by atoms with Crippen LogP contribution in [-0.4, -0.2) is 51.8 Å². The first-order valence-corrected chi connectivity index (χ1v) is 8.80. The molecular formula is C13H22N5O5P. The average Bonchev–Trinajstić information content (AvgIpc) is 2.96. The van der Waals surface area contributed by atoms with Crippen molar-refractivity contribution in [3.05, 3.63) is 12.7 Å². The lowest BCUT2D eigenvalue weighted by molar-refractivity contribution is 0.0807. The second-order valence-corrected chi connectivity index (χ2v) is 7.03. The molecule has 0 radical (unpaired) electrons. The van der Waals surface area contributed by atoms with Crippen LogP contribution in [0.4, 0.5) is 5.82 Å². The summed E-state index contributed by atoms with van der Waals surface area (Å²) < 4.78 is 28.0. The zero-order valence-corrected chi connectivity index (χ0v) is 14.7. The van der Waals surface area contributed by atoms with Gasteiger partial charge in [0.2, 0.25) is 0 Å². The van der Waals surface area contributed by atoms with Crippen molar-refractivity contribution < 1.29 is 23.2 Å². The van der Waals surface area contributed by atoms with Gasteiger partial charge in [-0.05, 0) is 5.92 Å². The molecule has 2 unspecified atom stereocenters. The van der Waals surface area contributed by atoms with E-state index in [0.717, 1.165) is 7.11 Å². The molecule has 0 aliphatic rings. The van der Waals surface area contributed by atoms with E-state index >= 15 is 0 Å². The van der Waals surface area contributed by atoms with E-state index in [9.17, 15) is 9.46 Å². The highest BCUT2D eigenvalue weighted by atomic mass is 31.2. The second kappa shape index (κ2) is 8.00. The first kappa shape index (κ1) is 18.8. The third-order valence-electron chi connectivity index (χ3n) is 3.78. The van der Waals surface area contributed by atoms with E-state index in [2.05, 4.69) is 19.5 Å². The van der Waals surface area contributed by atoms with Gasteiger partial charge in [0.15, 0.2) is 11.5 Å². The van der Waals surface area contributed by atoms with E-state index in [1.165, 1.54) is 6.33 Å². The molecule has 0 saturated carbocycles. The van der Waals surface area contributed by atoms with E-state index in [4.69, 9.17) is 15.0 Å². The molecule has 0 fully saturated rings. The van der Waals surface area contributed by atoms with Crippen LogP contribution in [0.1, 0.15) is 6.92 Å². The summed E-state index contributed by atoms with van der Waals surface area (Å²) in [5.41, 5.74) is 6.89. The summed E-state index contributed by atoms with van der Waals surface area (Å²) in [6.07, 6.45) is 2.98. The van der Waals surface area contributed by atoms with Gasteiger partial charge in [0, 0.05) is 33.3 Å². The number of phosphoric acid groups is 1. The van der Waals surface area contributed by atoms with Crippen LogP contribution in [0.15, 0.2) is 12.7 Å². The Labute approximate surface area is 139 Å². The number of anilines is 1. The van der Waals surface area contributed by atoms with Gasteiger partial charge in [-0.2, -0.15) is 0 Å². The maximum atomic E-state index is 11.6. The molecule has 2 aromatic heterocycles. The number of nitrogens with zero attached hydrogens (tertiary/aromatic N) is 4. The number of ether oxygens (including phenoxy) is 1. The number of rotatable bonds is 9. The molecule has 2 aromatic rings. The highest BCUT2D eigenvalue weighted by Crippen LogP contribution is 2.42. The summed E-state index contributed by atoms with van der Waals surface area (Å²) in [5.74, 6) is 0.230. The zero-order valence-electron chi connectivity index (χ0n) is 13.8. The minimum Gasteiger partial charge on any atom is -0.384 e. The molecule has 2 rings (SSSR count). The SMILES string of the molecule is COCC(C)[C@H](COP(=O)(O)OC)Cn1cnc2c(N)ncnc21. The van der Waals surface area contributed by atoms with Crippen LogP contribution in [0.3, 0.4) is 0 Å². The molecule has 2 heterocycles. The predicted molar refractivity (Wildman–Crippen MR) is 87.1 cm³/mol. The lowest BCUT2D eigenvalue weighted by Crippen LogP contribution is -2.26. The topological polar surface area (TPSA) is 135 Å². The molecule has 0 saturated heterocycles. The molecule has 0 aliphatic heterocycles. The summed E-state index contributed by atoms with van der Waals surface area (Å²) >= 11 is 0. The first-order valence-electron chi connectivity index (χ1n) is 7.31. The van der Waals surface area contributed by atoms with Crippen molar-refractivity contribution in [3.8, 4) is 0 Å². The van der Waals surface area contributed by atoms with Gasteiger partial charge in [0.25, 0.3) is 0 Å². The number of imidazole rings is 1. The van der Waals surface area contributed by atoms with Crippen molar-refractivity contribution in [2.45, 2.75) is 13.5 Å². The molecule has 0 spiro atoms. The van der Waals surface area contributed by atoms with Gasteiger partial charge in [0.05, 0.1) is 12.9 Å². The maximum absolute atomic E-state index is 11.6. The minimum absolute atomic E-state index is 0.0202. The summed E-state index contributed by atoms with van der Waals surface area (Å²) in [7, 11) is -1.32. The van der Waals surface area contributed by atoms with E-state index < -0.39 is 7.82 Å². The van der Waals surface area contributed by atoms with Crippen LogP contribution >= 0.6 is 7.82 Å².